The maximum absolute atomic E-state index is 13.0. The molecule has 1 aliphatic rings. The monoisotopic (exact) mass is 578 g/mol. The number of ether oxygens (including phenoxy) is 3. The first-order chi connectivity index (χ1) is 16.7. The molecule has 0 unspecified atom stereocenters. The molecular weight excluding hydrogens is 552 g/mol. The van der Waals surface area contributed by atoms with Crippen molar-refractivity contribution in [3.8, 4) is 0 Å². The van der Waals surface area contributed by atoms with Gasteiger partial charge in [0.1, 0.15) is 0 Å². The van der Waals surface area contributed by atoms with E-state index in [-0.39, 0.29) is 13.2 Å². The summed E-state index contributed by atoms with van der Waals surface area (Å²) in [5, 5.41) is 18.8. The second-order valence-electron chi connectivity index (χ2n) is 8.10. The van der Waals surface area contributed by atoms with E-state index >= 15 is 0 Å². The minimum Gasteiger partial charge on any atom is -0.379 e. The Bertz CT molecular complexity index is 600. The van der Waals surface area contributed by atoms with Gasteiger partial charge in [-0.2, -0.15) is 52.7 Å². The predicted octanol–water partition coefficient (Wildman–Crippen LogP) is 2.37. The summed E-state index contributed by atoms with van der Waals surface area (Å²) in [4.78, 5) is 1.07. The van der Waals surface area contributed by atoms with Gasteiger partial charge in [0.05, 0.1) is 39.6 Å². The van der Waals surface area contributed by atoms with Crippen molar-refractivity contribution in [2.24, 2.45) is 0 Å². The minimum absolute atomic E-state index is 0.262. The Morgan fingerprint density at radius 3 is 0.865 bits per heavy atom. The largest absolute Gasteiger partial charge is 0.427 e. The molecule has 1 aliphatic heterocycles. The Morgan fingerprint density at radius 2 is 0.649 bits per heavy atom. The molecule has 0 saturated carbocycles. The van der Waals surface area contributed by atoms with E-state index in [0.717, 1.165) is 0 Å². The van der Waals surface area contributed by atoms with E-state index < -0.39 is 102 Å². The van der Waals surface area contributed by atoms with E-state index in [1.54, 1.807) is 0 Å². The molecule has 1 heterocycles. The molecule has 0 bridgehead atoms. The molecule has 222 valence electrons. The third-order valence-electron chi connectivity index (χ3n) is 5.36. The fourth-order valence-electron chi connectivity index (χ4n) is 3.07. The van der Waals surface area contributed by atoms with Crippen LogP contribution < -0.4 is 0 Å². The maximum atomic E-state index is 13.0. The highest BCUT2D eigenvalue weighted by atomic mass is 19.4. The lowest BCUT2D eigenvalue weighted by Crippen LogP contribution is -2.63. The molecular formula is C18H26F12N2O5. The first-order valence-corrected chi connectivity index (χ1v) is 10.6. The Balaban J connectivity index is 2.96. The molecule has 7 nitrogen and oxygen atoms in total. The van der Waals surface area contributed by atoms with Crippen LogP contribution in [0, 0.1) is 0 Å². The zero-order valence-electron chi connectivity index (χ0n) is 19.0. The molecule has 0 aromatic rings. The zero-order chi connectivity index (χ0) is 28.8. The molecule has 0 spiro atoms. The summed E-state index contributed by atoms with van der Waals surface area (Å²) in [5.41, 5.74) is -10.2. The van der Waals surface area contributed by atoms with Crippen LogP contribution >= 0.6 is 0 Å². The molecule has 1 saturated heterocycles. The zero-order valence-corrected chi connectivity index (χ0v) is 19.0. The first-order valence-electron chi connectivity index (χ1n) is 10.6. The summed E-state index contributed by atoms with van der Waals surface area (Å²) >= 11 is 0. The van der Waals surface area contributed by atoms with Gasteiger partial charge in [0.15, 0.2) is 0 Å². The second-order valence-corrected chi connectivity index (χ2v) is 8.10. The Hall–Kier alpha value is -1.12. The molecule has 0 aromatic carbocycles. The Labute approximate surface area is 202 Å². The smallest absolute Gasteiger partial charge is 0.379 e. The van der Waals surface area contributed by atoms with Gasteiger partial charge in [-0.15, -0.1) is 0 Å². The van der Waals surface area contributed by atoms with Crippen molar-refractivity contribution in [2.75, 3.05) is 78.9 Å². The molecule has 1 fully saturated rings. The van der Waals surface area contributed by atoms with Crippen molar-refractivity contribution in [1.82, 2.24) is 9.80 Å². The molecule has 0 aliphatic carbocycles. The predicted molar refractivity (Wildman–Crippen MR) is 99.5 cm³/mol. The summed E-state index contributed by atoms with van der Waals surface area (Å²) in [6.07, 6.45) is -24.4. The summed E-state index contributed by atoms with van der Waals surface area (Å²) in [6, 6.07) is 0. The summed E-state index contributed by atoms with van der Waals surface area (Å²) in [5.74, 6) is 0. The van der Waals surface area contributed by atoms with Gasteiger partial charge in [0.25, 0.3) is 11.2 Å². The van der Waals surface area contributed by atoms with Crippen LogP contribution in [0.4, 0.5) is 52.7 Å². The topological polar surface area (TPSA) is 74.6 Å². The molecule has 2 N–H and O–H groups in total. The normalized spacial score (nSPS) is 20.9. The molecule has 0 atom stereocenters. The Kier molecular flexibility index (Phi) is 11.8. The number of halogens is 12. The lowest BCUT2D eigenvalue weighted by molar-refractivity contribution is -0.371. The van der Waals surface area contributed by atoms with Crippen LogP contribution in [0.2, 0.25) is 0 Å². The number of aliphatic hydroxyl groups is 2. The van der Waals surface area contributed by atoms with E-state index in [0.29, 0.717) is 9.80 Å². The van der Waals surface area contributed by atoms with Gasteiger partial charge in [-0.3, -0.25) is 9.80 Å². The molecule has 1 rings (SSSR count). The van der Waals surface area contributed by atoms with Gasteiger partial charge in [-0.1, -0.05) is 0 Å². The van der Waals surface area contributed by atoms with E-state index in [2.05, 4.69) is 0 Å². The van der Waals surface area contributed by atoms with Crippen LogP contribution in [-0.4, -0.2) is 135 Å². The lowest BCUT2D eigenvalue weighted by Gasteiger charge is -2.37. The third-order valence-corrected chi connectivity index (χ3v) is 5.36. The molecule has 0 radical (unpaired) electrons. The van der Waals surface area contributed by atoms with Crippen LogP contribution in [0.25, 0.3) is 0 Å². The van der Waals surface area contributed by atoms with Crippen LogP contribution in [0.15, 0.2) is 0 Å². The van der Waals surface area contributed by atoms with Gasteiger partial charge in [-0.05, 0) is 0 Å². The number of nitrogens with zero attached hydrogens (tertiary/aromatic N) is 2. The van der Waals surface area contributed by atoms with Gasteiger partial charge in [0.2, 0.25) is 0 Å². The van der Waals surface area contributed by atoms with Gasteiger partial charge >= 0.3 is 24.7 Å². The fourth-order valence-corrected chi connectivity index (χ4v) is 3.07. The Morgan fingerprint density at radius 1 is 0.432 bits per heavy atom. The average Bonchev–Trinajstić information content (AvgIpc) is 2.71. The first kappa shape index (κ1) is 33.9. The van der Waals surface area contributed by atoms with Crippen molar-refractivity contribution >= 4 is 0 Å². The average molecular weight is 578 g/mol. The second kappa shape index (κ2) is 12.8. The summed E-state index contributed by atoms with van der Waals surface area (Å²) < 4.78 is 171. The lowest BCUT2D eigenvalue weighted by atomic mass is 10.0. The standard InChI is InChI=1S/C18H26F12N2O5/c19-15(20,21)13(33,16(22,23)24)11-31-1-5-35-6-2-32(4-8-37-10-9-36-7-3-31)12-14(34,17(25,26)27)18(28,29)30/h33-34H,1-12H2. The third kappa shape index (κ3) is 9.24. The number of alkyl halides is 12. The quantitative estimate of drug-likeness (QED) is 0.497. The SMILES string of the molecule is OC(CN1CCOCCOCCN(CC(O)(C(F)(F)F)C(F)(F)F)CCOCC1)(C(F)(F)F)C(F)(F)F. The summed E-state index contributed by atoms with van der Waals surface area (Å²) in [7, 11) is 0. The van der Waals surface area contributed by atoms with Gasteiger partial charge in [-0.25, -0.2) is 0 Å². The van der Waals surface area contributed by atoms with E-state index in [1.807, 2.05) is 0 Å². The number of hydrogen-bond donors (Lipinski definition) is 2. The van der Waals surface area contributed by atoms with Crippen molar-refractivity contribution in [3.05, 3.63) is 0 Å². The maximum Gasteiger partial charge on any atom is 0.427 e. The van der Waals surface area contributed by atoms with E-state index in [4.69, 9.17) is 14.2 Å². The van der Waals surface area contributed by atoms with Crippen LogP contribution in [0.5, 0.6) is 0 Å². The number of rotatable bonds is 4. The van der Waals surface area contributed by atoms with Crippen molar-refractivity contribution in [2.45, 2.75) is 35.9 Å². The highest BCUT2D eigenvalue weighted by Gasteiger charge is 2.71. The van der Waals surface area contributed by atoms with Crippen molar-refractivity contribution in [3.63, 3.8) is 0 Å². The van der Waals surface area contributed by atoms with Crippen LogP contribution in [0.1, 0.15) is 0 Å². The van der Waals surface area contributed by atoms with Gasteiger partial charge in [0, 0.05) is 39.3 Å². The van der Waals surface area contributed by atoms with Crippen LogP contribution in [0.3, 0.4) is 0 Å². The molecule has 0 amide bonds. The van der Waals surface area contributed by atoms with Gasteiger partial charge < -0.3 is 24.4 Å². The van der Waals surface area contributed by atoms with Crippen LogP contribution in [-0.2, 0) is 14.2 Å². The van der Waals surface area contributed by atoms with E-state index in [1.165, 1.54) is 0 Å². The van der Waals surface area contributed by atoms with Crippen molar-refractivity contribution < 1.29 is 77.1 Å². The summed E-state index contributed by atoms with van der Waals surface area (Å²) in [6.45, 7) is -8.71. The number of β-amino-alcohol motifs (C(OH)–C–C–N with tert-alkyl or cyclic N) is 2. The highest BCUT2D eigenvalue weighted by Crippen LogP contribution is 2.44. The van der Waals surface area contributed by atoms with Crippen molar-refractivity contribution in [1.29, 1.82) is 0 Å². The molecule has 19 heteroatoms. The molecule has 0 aromatic heterocycles. The van der Waals surface area contributed by atoms with E-state index in [9.17, 15) is 62.9 Å². The fraction of sp³-hybridized carbons (Fsp3) is 1.00. The molecule has 37 heavy (non-hydrogen) atoms. The highest BCUT2D eigenvalue weighted by molar-refractivity contribution is 4.97. The minimum atomic E-state index is -6.09. The number of hydrogen-bond acceptors (Lipinski definition) is 7.